The molecule has 0 spiro atoms. The summed E-state index contributed by atoms with van der Waals surface area (Å²) >= 11 is 1.88. The molecular formula is C52H30OS. The third-order valence-corrected chi connectivity index (χ3v) is 12.6. The second-order valence-electron chi connectivity index (χ2n) is 14.3. The van der Waals surface area contributed by atoms with Gasteiger partial charge in [0.1, 0.15) is 11.2 Å². The molecule has 0 saturated carbocycles. The standard InChI is InChI=1S/C52H30OS/c1-2-17-35-31(13-1)14-12-25-36(35)48-39-20-5-3-18-37(39)47(38-19-4-6-21-40(38)48)34-16-11-15-32(29-34)33-27-28-43-45(30-33)53-51-41-22-7-8-23-42(41)52-50(49(43)51)44-24-9-10-26-46(44)54-52/h1-30H. The van der Waals surface area contributed by atoms with Crippen LogP contribution >= 0.6 is 11.3 Å². The summed E-state index contributed by atoms with van der Waals surface area (Å²) in [5, 5.41) is 14.9. The van der Waals surface area contributed by atoms with E-state index in [0.29, 0.717) is 0 Å². The van der Waals surface area contributed by atoms with Gasteiger partial charge >= 0.3 is 0 Å². The molecule has 0 atom stereocenters. The van der Waals surface area contributed by atoms with Crippen LogP contribution in [0.25, 0.3) is 119 Å². The highest BCUT2D eigenvalue weighted by atomic mass is 32.1. The lowest BCUT2D eigenvalue weighted by Gasteiger charge is -2.19. The van der Waals surface area contributed by atoms with E-state index in [2.05, 4.69) is 182 Å². The number of rotatable bonds is 3. The van der Waals surface area contributed by atoms with Crippen molar-refractivity contribution in [2.45, 2.75) is 0 Å². The van der Waals surface area contributed by atoms with E-state index in [4.69, 9.17) is 4.42 Å². The average molecular weight is 703 g/mol. The van der Waals surface area contributed by atoms with Gasteiger partial charge in [0, 0.05) is 41.7 Å². The molecule has 10 aromatic carbocycles. The fourth-order valence-corrected chi connectivity index (χ4v) is 10.4. The zero-order chi connectivity index (χ0) is 35.3. The van der Waals surface area contributed by atoms with Crippen LogP contribution in [0.5, 0.6) is 0 Å². The average Bonchev–Trinajstić information content (AvgIpc) is 3.82. The van der Waals surface area contributed by atoms with Gasteiger partial charge in [-0.25, -0.2) is 0 Å². The molecule has 0 bridgehead atoms. The molecule has 0 radical (unpaired) electrons. The van der Waals surface area contributed by atoms with Gasteiger partial charge in [0.05, 0.1) is 0 Å². The van der Waals surface area contributed by atoms with Crippen molar-refractivity contribution in [1.29, 1.82) is 0 Å². The summed E-state index contributed by atoms with van der Waals surface area (Å²) in [7, 11) is 0. The van der Waals surface area contributed by atoms with E-state index in [1.54, 1.807) is 0 Å². The van der Waals surface area contributed by atoms with Crippen LogP contribution in [0.3, 0.4) is 0 Å². The Kier molecular flexibility index (Phi) is 6.28. The van der Waals surface area contributed by atoms with E-state index in [9.17, 15) is 0 Å². The predicted octanol–water partition coefficient (Wildman–Crippen LogP) is 15.6. The van der Waals surface area contributed by atoms with E-state index in [0.717, 1.165) is 33.1 Å². The van der Waals surface area contributed by atoms with E-state index < -0.39 is 0 Å². The molecule has 250 valence electrons. The first-order valence-electron chi connectivity index (χ1n) is 18.5. The molecule has 12 aromatic rings. The van der Waals surface area contributed by atoms with Gasteiger partial charge in [-0.15, -0.1) is 11.3 Å². The smallest absolute Gasteiger partial charge is 0.143 e. The van der Waals surface area contributed by atoms with Gasteiger partial charge in [0.25, 0.3) is 0 Å². The van der Waals surface area contributed by atoms with Gasteiger partial charge in [-0.1, -0.05) is 158 Å². The van der Waals surface area contributed by atoms with Crippen LogP contribution in [0.1, 0.15) is 0 Å². The van der Waals surface area contributed by atoms with Crippen LogP contribution in [-0.2, 0) is 0 Å². The van der Waals surface area contributed by atoms with Gasteiger partial charge in [-0.05, 0) is 90.0 Å². The van der Waals surface area contributed by atoms with E-state index in [1.165, 1.54) is 85.5 Å². The quantitative estimate of drug-likeness (QED) is 0.167. The molecule has 0 aliphatic carbocycles. The van der Waals surface area contributed by atoms with Crippen molar-refractivity contribution in [1.82, 2.24) is 0 Å². The molecule has 0 unspecified atom stereocenters. The van der Waals surface area contributed by atoms with Gasteiger partial charge < -0.3 is 4.42 Å². The van der Waals surface area contributed by atoms with E-state index in [-0.39, 0.29) is 0 Å². The number of fused-ring (bicyclic) bond motifs is 13. The maximum absolute atomic E-state index is 6.87. The highest BCUT2D eigenvalue weighted by Crippen LogP contribution is 2.49. The highest BCUT2D eigenvalue weighted by Gasteiger charge is 2.21. The Hall–Kier alpha value is -6.74. The zero-order valence-corrected chi connectivity index (χ0v) is 30.0. The topological polar surface area (TPSA) is 13.1 Å². The second-order valence-corrected chi connectivity index (χ2v) is 15.4. The molecular weight excluding hydrogens is 673 g/mol. The molecule has 2 heteroatoms. The van der Waals surface area contributed by atoms with Crippen LogP contribution in [0.2, 0.25) is 0 Å². The third-order valence-electron chi connectivity index (χ3n) is 11.4. The second kappa shape index (κ2) is 11.4. The first kappa shape index (κ1) is 29.8. The Morgan fingerprint density at radius 1 is 0.352 bits per heavy atom. The Labute approximate surface area is 314 Å². The van der Waals surface area contributed by atoms with Gasteiger partial charge in [-0.3, -0.25) is 0 Å². The molecule has 0 N–H and O–H groups in total. The summed E-state index contributed by atoms with van der Waals surface area (Å²) in [6.07, 6.45) is 0. The molecule has 0 amide bonds. The minimum absolute atomic E-state index is 0.913. The number of benzene rings is 10. The number of thiophene rings is 1. The van der Waals surface area contributed by atoms with Gasteiger partial charge in [-0.2, -0.15) is 0 Å². The molecule has 0 aliphatic heterocycles. The molecule has 12 rings (SSSR count). The van der Waals surface area contributed by atoms with Crippen molar-refractivity contribution in [2.24, 2.45) is 0 Å². The molecule has 0 aliphatic rings. The molecule has 54 heavy (non-hydrogen) atoms. The normalized spacial score (nSPS) is 12.1. The maximum atomic E-state index is 6.87. The van der Waals surface area contributed by atoms with Crippen LogP contribution < -0.4 is 0 Å². The van der Waals surface area contributed by atoms with Crippen molar-refractivity contribution in [2.75, 3.05) is 0 Å². The van der Waals surface area contributed by atoms with E-state index >= 15 is 0 Å². The van der Waals surface area contributed by atoms with Gasteiger partial charge in [0.2, 0.25) is 0 Å². The fraction of sp³-hybridized carbons (Fsp3) is 0. The van der Waals surface area contributed by atoms with Crippen LogP contribution in [0, 0.1) is 0 Å². The van der Waals surface area contributed by atoms with Crippen molar-refractivity contribution in [3.63, 3.8) is 0 Å². The lowest BCUT2D eigenvalue weighted by atomic mass is 9.84. The first-order valence-corrected chi connectivity index (χ1v) is 19.3. The Bertz CT molecular complexity index is 3450. The Morgan fingerprint density at radius 3 is 1.70 bits per heavy atom. The molecule has 0 fully saturated rings. The third kappa shape index (κ3) is 4.20. The number of furan rings is 1. The lowest BCUT2D eigenvalue weighted by Crippen LogP contribution is -1.92. The first-order chi connectivity index (χ1) is 26.8. The summed E-state index contributed by atoms with van der Waals surface area (Å²) in [4.78, 5) is 0. The summed E-state index contributed by atoms with van der Waals surface area (Å²) in [5.74, 6) is 0. The summed E-state index contributed by atoms with van der Waals surface area (Å²) in [6.45, 7) is 0. The summed E-state index contributed by atoms with van der Waals surface area (Å²) < 4.78 is 9.50. The zero-order valence-electron chi connectivity index (χ0n) is 29.1. The Morgan fingerprint density at radius 2 is 0.926 bits per heavy atom. The maximum Gasteiger partial charge on any atom is 0.143 e. The summed E-state index contributed by atoms with van der Waals surface area (Å²) in [6, 6.07) is 66.5. The predicted molar refractivity (Wildman–Crippen MR) is 233 cm³/mol. The molecule has 1 nitrogen and oxygen atoms in total. The lowest BCUT2D eigenvalue weighted by molar-refractivity contribution is 0.673. The van der Waals surface area contributed by atoms with Crippen LogP contribution in [0.4, 0.5) is 0 Å². The minimum atomic E-state index is 0.913. The van der Waals surface area contributed by atoms with Crippen LogP contribution in [0.15, 0.2) is 186 Å². The number of hydrogen-bond donors (Lipinski definition) is 0. The monoisotopic (exact) mass is 702 g/mol. The number of hydrogen-bond acceptors (Lipinski definition) is 2. The van der Waals surface area contributed by atoms with Crippen molar-refractivity contribution in [3.8, 4) is 33.4 Å². The molecule has 2 aromatic heterocycles. The van der Waals surface area contributed by atoms with Crippen molar-refractivity contribution >= 4 is 96.5 Å². The van der Waals surface area contributed by atoms with Crippen LogP contribution in [-0.4, -0.2) is 0 Å². The highest BCUT2D eigenvalue weighted by molar-refractivity contribution is 7.27. The largest absolute Gasteiger partial charge is 0.455 e. The van der Waals surface area contributed by atoms with Crippen molar-refractivity contribution < 1.29 is 4.42 Å². The molecule has 0 saturated heterocycles. The minimum Gasteiger partial charge on any atom is -0.455 e. The SMILES string of the molecule is c1cc(-c2ccc3c(c2)oc2c4ccccc4c4sc5ccccc5c4c32)cc(-c2c3ccccc3c(-c3cccc4ccccc34)c3ccccc23)c1. The van der Waals surface area contributed by atoms with Gasteiger partial charge in [0.15, 0.2) is 0 Å². The van der Waals surface area contributed by atoms with E-state index in [1.807, 2.05) is 11.3 Å². The molecule has 2 heterocycles. The fourth-order valence-electron chi connectivity index (χ4n) is 9.10. The van der Waals surface area contributed by atoms with Crippen molar-refractivity contribution in [3.05, 3.63) is 182 Å². The Balaban J connectivity index is 1.08. The summed E-state index contributed by atoms with van der Waals surface area (Å²) in [5.41, 5.74) is 9.19.